The zero-order chi connectivity index (χ0) is 14.3. The van der Waals surface area contributed by atoms with E-state index in [4.69, 9.17) is 17.5 Å². The van der Waals surface area contributed by atoms with Crippen molar-refractivity contribution in [3.05, 3.63) is 47.0 Å². The number of nitrogens with one attached hydrogen (secondary N) is 1. The van der Waals surface area contributed by atoms with Crippen LogP contribution in [0.2, 0.25) is 0 Å². The van der Waals surface area contributed by atoms with Gasteiger partial charge in [-0.1, -0.05) is 24.8 Å². The van der Waals surface area contributed by atoms with Gasteiger partial charge in [-0.15, -0.1) is 0 Å². The molecule has 1 aromatic carbocycles. The molecule has 0 saturated heterocycles. The quantitative estimate of drug-likeness (QED) is 0.647. The predicted octanol–water partition coefficient (Wildman–Crippen LogP) is 1.12. The lowest BCUT2D eigenvalue weighted by molar-refractivity contribution is -0.123. The average Bonchev–Trinajstić information content (AvgIpc) is 2.47. The van der Waals surface area contributed by atoms with Gasteiger partial charge in [-0.2, -0.15) is 0 Å². The van der Waals surface area contributed by atoms with Crippen molar-refractivity contribution >= 4 is 17.6 Å². The smallest absolute Gasteiger partial charge is 0.178 e. The number of benzene rings is 1. The lowest BCUT2D eigenvalue weighted by Gasteiger charge is -2.44. The van der Waals surface area contributed by atoms with Gasteiger partial charge in [0.2, 0.25) is 0 Å². The predicted molar refractivity (Wildman–Crippen MR) is 79.2 cm³/mol. The third-order valence-electron chi connectivity index (χ3n) is 4.29. The van der Waals surface area contributed by atoms with Crippen LogP contribution in [-0.2, 0) is 24.3 Å². The van der Waals surface area contributed by atoms with E-state index in [9.17, 15) is 4.79 Å². The first-order chi connectivity index (χ1) is 9.61. The van der Waals surface area contributed by atoms with Gasteiger partial charge in [0.1, 0.15) is 0 Å². The van der Waals surface area contributed by atoms with Crippen molar-refractivity contribution in [3.8, 4) is 0 Å². The number of Topliss-reactive ketones (excluding diaryl/α,β-unsaturated/α-hetero) is 1. The Balaban J connectivity index is 1.79. The number of carbonyl (C=O) groups excluding carboxylic acids is 1. The standard InChI is InChI=1S/C15H18ClN3O/c1-9-14(13(17)15(9)20)19-5-4-11-3-2-10(7-18-16)6-12(11)8-19/h2-3,6,13-14,18H,1,4-5,7-8,17H2. The molecule has 5 heteroatoms. The first-order valence-corrected chi connectivity index (χ1v) is 7.16. The molecule has 20 heavy (non-hydrogen) atoms. The molecule has 1 aliphatic heterocycles. The maximum atomic E-state index is 11.5. The highest BCUT2D eigenvalue weighted by atomic mass is 35.5. The number of halogens is 1. The summed E-state index contributed by atoms with van der Waals surface area (Å²) in [6.07, 6.45) is 0.981. The summed E-state index contributed by atoms with van der Waals surface area (Å²) in [6, 6.07) is 6.03. The van der Waals surface area contributed by atoms with Crippen molar-refractivity contribution in [3.63, 3.8) is 0 Å². The summed E-state index contributed by atoms with van der Waals surface area (Å²) in [7, 11) is 0. The van der Waals surface area contributed by atoms with Gasteiger partial charge in [-0.05, 0) is 34.9 Å². The van der Waals surface area contributed by atoms with Gasteiger partial charge in [-0.25, -0.2) is 4.84 Å². The number of hydrogen-bond donors (Lipinski definition) is 2. The van der Waals surface area contributed by atoms with E-state index in [0.29, 0.717) is 12.1 Å². The second-order valence-corrected chi connectivity index (χ2v) is 5.76. The number of carbonyl (C=O) groups is 1. The van der Waals surface area contributed by atoms with E-state index in [1.54, 1.807) is 0 Å². The van der Waals surface area contributed by atoms with Crippen molar-refractivity contribution < 1.29 is 4.79 Å². The Labute approximate surface area is 123 Å². The van der Waals surface area contributed by atoms with Crippen LogP contribution in [0.5, 0.6) is 0 Å². The van der Waals surface area contributed by atoms with Crippen molar-refractivity contribution in [1.82, 2.24) is 9.74 Å². The first kappa shape index (κ1) is 13.8. The SMILES string of the molecule is C=C1C(=O)C(N)C1N1CCc2ccc(CNCl)cc2C1. The van der Waals surface area contributed by atoms with Crippen molar-refractivity contribution in [2.75, 3.05) is 6.54 Å². The number of hydrogen-bond acceptors (Lipinski definition) is 4. The van der Waals surface area contributed by atoms with Crippen LogP contribution in [0, 0.1) is 0 Å². The molecule has 0 aromatic heterocycles. The molecule has 0 radical (unpaired) electrons. The summed E-state index contributed by atoms with van der Waals surface area (Å²) in [5.74, 6) is 0.000822. The minimum atomic E-state index is -0.406. The maximum absolute atomic E-state index is 11.5. The summed E-state index contributed by atoms with van der Waals surface area (Å²) in [4.78, 5) is 16.4. The van der Waals surface area contributed by atoms with Crippen LogP contribution in [0.15, 0.2) is 30.4 Å². The Bertz CT molecular complexity index is 572. The minimum absolute atomic E-state index is 0.000822. The van der Waals surface area contributed by atoms with Gasteiger partial charge in [0.15, 0.2) is 5.78 Å². The minimum Gasteiger partial charge on any atom is -0.320 e. The van der Waals surface area contributed by atoms with Crippen LogP contribution in [-0.4, -0.2) is 29.3 Å². The average molecular weight is 292 g/mol. The zero-order valence-corrected chi connectivity index (χ0v) is 12.0. The zero-order valence-electron chi connectivity index (χ0n) is 11.2. The van der Waals surface area contributed by atoms with Gasteiger partial charge in [-0.3, -0.25) is 9.69 Å². The molecule has 2 unspecified atom stereocenters. The third kappa shape index (κ3) is 2.19. The molecule has 1 fully saturated rings. The first-order valence-electron chi connectivity index (χ1n) is 6.78. The van der Waals surface area contributed by atoms with Crippen molar-refractivity contribution in [1.29, 1.82) is 0 Å². The van der Waals surface area contributed by atoms with Crippen LogP contribution in [0.3, 0.4) is 0 Å². The summed E-state index contributed by atoms with van der Waals surface area (Å²) < 4.78 is 0. The third-order valence-corrected chi connectivity index (χ3v) is 4.43. The Morgan fingerprint density at radius 3 is 2.95 bits per heavy atom. The summed E-state index contributed by atoms with van der Waals surface area (Å²) in [5.41, 5.74) is 10.4. The van der Waals surface area contributed by atoms with Crippen LogP contribution in [0.4, 0.5) is 0 Å². The summed E-state index contributed by atoms with van der Waals surface area (Å²) in [6.45, 7) is 6.23. The van der Waals surface area contributed by atoms with Gasteiger partial charge >= 0.3 is 0 Å². The fourth-order valence-corrected chi connectivity index (χ4v) is 3.28. The molecule has 106 valence electrons. The molecule has 1 aromatic rings. The highest BCUT2D eigenvalue weighted by Crippen LogP contribution is 2.30. The largest absolute Gasteiger partial charge is 0.320 e. The number of nitrogens with zero attached hydrogens (tertiary/aromatic N) is 1. The molecule has 2 atom stereocenters. The lowest BCUT2D eigenvalue weighted by Crippen LogP contribution is -2.63. The number of fused-ring (bicyclic) bond motifs is 1. The lowest BCUT2D eigenvalue weighted by atomic mass is 9.78. The monoisotopic (exact) mass is 291 g/mol. The molecule has 4 nitrogen and oxygen atoms in total. The summed E-state index contributed by atoms with van der Waals surface area (Å²) >= 11 is 5.56. The summed E-state index contributed by atoms with van der Waals surface area (Å²) in [5, 5.41) is 0. The van der Waals surface area contributed by atoms with E-state index in [1.165, 1.54) is 11.1 Å². The highest BCUT2D eigenvalue weighted by Gasteiger charge is 2.45. The van der Waals surface area contributed by atoms with E-state index < -0.39 is 6.04 Å². The number of nitrogens with two attached hydrogens (primary N) is 1. The van der Waals surface area contributed by atoms with E-state index >= 15 is 0 Å². The molecular weight excluding hydrogens is 274 g/mol. The van der Waals surface area contributed by atoms with Crippen LogP contribution >= 0.6 is 11.8 Å². The fraction of sp³-hybridized carbons (Fsp3) is 0.400. The van der Waals surface area contributed by atoms with Crippen LogP contribution in [0.1, 0.15) is 16.7 Å². The topological polar surface area (TPSA) is 58.4 Å². The van der Waals surface area contributed by atoms with Crippen molar-refractivity contribution in [2.24, 2.45) is 5.73 Å². The fourth-order valence-electron chi connectivity index (χ4n) is 3.13. The van der Waals surface area contributed by atoms with Crippen LogP contribution in [0.25, 0.3) is 0 Å². The van der Waals surface area contributed by atoms with Crippen molar-refractivity contribution in [2.45, 2.75) is 31.6 Å². The molecule has 1 heterocycles. The molecule has 2 aliphatic rings. The molecule has 3 N–H and O–H groups in total. The normalized spacial score (nSPS) is 26.3. The molecule has 0 spiro atoms. The van der Waals surface area contributed by atoms with Gasteiger partial charge < -0.3 is 5.73 Å². The van der Waals surface area contributed by atoms with E-state index in [-0.39, 0.29) is 11.8 Å². The highest BCUT2D eigenvalue weighted by molar-refractivity contribution is 6.13. The maximum Gasteiger partial charge on any atom is 0.178 e. The van der Waals surface area contributed by atoms with E-state index in [1.807, 2.05) is 0 Å². The Morgan fingerprint density at radius 2 is 2.25 bits per heavy atom. The second-order valence-electron chi connectivity index (χ2n) is 5.49. The molecule has 1 saturated carbocycles. The molecule has 0 bridgehead atoms. The number of ketones is 1. The Kier molecular flexibility index (Phi) is 3.65. The Hall–Kier alpha value is -1.20. The van der Waals surface area contributed by atoms with Gasteiger partial charge in [0, 0.05) is 25.2 Å². The van der Waals surface area contributed by atoms with Gasteiger partial charge in [0.25, 0.3) is 0 Å². The van der Waals surface area contributed by atoms with E-state index in [2.05, 4.69) is 34.5 Å². The second kappa shape index (κ2) is 5.30. The molecular formula is C15H18ClN3O. The molecule has 1 aliphatic carbocycles. The Morgan fingerprint density at radius 1 is 1.45 bits per heavy atom. The van der Waals surface area contributed by atoms with Gasteiger partial charge in [0.05, 0.1) is 12.1 Å². The van der Waals surface area contributed by atoms with E-state index in [0.717, 1.165) is 25.1 Å². The molecule has 0 amide bonds. The number of rotatable bonds is 3. The van der Waals surface area contributed by atoms with Crippen LogP contribution < -0.4 is 10.6 Å². The molecule has 3 rings (SSSR count).